The van der Waals surface area contributed by atoms with E-state index >= 15 is 0 Å². The summed E-state index contributed by atoms with van der Waals surface area (Å²) in [5.74, 6) is 0. The molecule has 0 aliphatic carbocycles. The highest BCUT2D eigenvalue weighted by molar-refractivity contribution is 9.10. The van der Waals surface area contributed by atoms with Crippen molar-refractivity contribution in [2.45, 2.75) is 11.3 Å². The number of hydrogen-bond acceptors (Lipinski definition) is 6. The topological polar surface area (TPSA) is 98.0 Å². The zero-order chi connectivity index (χ0) is 13.3. The van der Waals surface area contributed by atoms with Crippen LogP contribution in [0.5, 0.6) is 0 Å². The Balaban J connectivity index is 2.37. The summed E-state index contributed by atoms with van der Waals surface area (Å²) in [4.78, 5) is 0. The number of nitrogens with one attached hydrogen (secondary N) is 1. The number of nitrogen functional groups attached to an aromatic ring is 1. The van der Waals surface area contributed by atoms with Gasteiger partial charge >= 0.3 is 0 Å². The third-order valence-corrected chi connectivity index (χ3v) is 5.51. The van der Waals surface area contributed by atoms with Crippen molar-refractivity contribution in [1.82, 2.24) is 10.2 Å². The third-order valence-electron chi connectivity index (χ3n) is 2.16. The fourth-order valence-corrected chi connectivity index (χ4v) is 3.51. The molecule has 0 fully saturated rings. The zero-order valence-electron chi connectivity index (χ0n) is 9.21. The number of aromatic nitrogens is 2. The summed E-state index contributed by atoms with van der Waals surface area (Å²) >= 11 is 4.15. The van der Waals surface area contributed by atoms with Gasteiger partial charge in [0.15, 0.2) is 0 Å². The van der Waals surface area contributed by atoms with Crippen LogP contribution in [0.3, 0.4) is 0 Å². The van der Waals surface area contributed by atoms with Gasteiger partial charge in [-0.15, -0.1) is 10.2 Å². The fraction of sp³-hybridized carbons (Fsp3) is 0.111. The molecule has 2 rings (SSSR count). The highest BCUT2D eigenvalue weighted by Crippen LogP contribution is 2.26. The molecule has 0 saturated heterocycles. The lowest BCUT2D eigenvalue weighted by Gasteiger charge is -2.09. The summed E-state index contributed by atoms with van der Waals surface area (Å²) in [5.41, 5.74) is 6.64. The van der Waals surface area contributed by atoms with E-state index in [9.17, 15) is 8.42 Å². The maximum absolute atomic E-state index is 12.0. The molecule has 96 valence electrons. The van der Waals surface area contributed by atoms with Gasteiger partial charge in [0, 0.05) is 4.47 Å². The van der Waals surface area contributed by atoms with Crippen LogP contribution in [0.2, 0.25) is 0 Å². The van der Waals surface area contributed by atoms with Crippen molar-refractivity contribution in [3.8, 4) is 0 Å². The summed E-state index contributed by atoms with van der Waals surface area (Å²) in [5, 5.41) is 7.11. The summed E-state index contributed by atoms with van der Waals surface area (Å²) in [6, 6.07) is 5.24. The molecule has 1 aromatic heterocycles. The molecule has 1 heterocycles. The number of nitrogens with zero attached hydrogens (tertiary/aromatic N) is 2. The first-order valence-corrected chi connectivity index (χ1v) is 7.86. The van der Waals surface area contributed by atoms with Gasteiger partial charge in [-0.25, -0.2) is 0 Å². The van der Waals surface area contributed by atoms with Crippen molar-refractivity contribution >= 4 is 48.1 Å². The van der Waals surface area contributed by atoms with Crippen molar-refractivity contribution in [2.24, 2.45) is 0 Å². The van der Waals surface area contributed by atoms with Gasteiger partial charge < -0.3 is 5.73 Å². The second-order valence-electron chi connectivity index (χ2n) is 3.42. The van der Waals surface area contributed by atoms with Gasteiger partial charge in [0.25, 0.3) is 14.4 Å². The van der Waals surface area contributed by atoms with Crippen molar-refractivity contribution < 1.29 is 8.42 Å². The molecule has 0 unspecified atom stereocenters. The first kappa shape index (κ1) is 13.2. The van der Waals surface area contributed by atoms with Crippen molar-refractivity contribution in [1.29, 1.82) is 0 Å². The number of rotatable bonds is 3. The van der Waals surface area contributed by atoms with Crippen LogP contribution in [-0.2, 0) is 10.0 Å². The summed E-state index contributed by atoms with van der Waals surface area (Å²) < 4.78 is 27.1. The van der Waals surface area contributed by atoms with Crippen LogP contribution in [-0.4, -0.2) is 18.6 Å². The average molecular weight is 349 g/mol. The van der Waals surface area contributed by atoms with Crippen LogP contribution in [0, 0.1) is 6.92 Å². The van der Waals surface area contributed by atoms with E-state index in [-0.39, 0.29) is 9.47 Å². The quantitative estimate of drug-likeness (QED) is 0.883. The maximum Gasteiger partial charge on any atom is 0.291 e. The normalized spacial score (nSPS) is 11.4. The minimum atomic E-state index is -3.74. The van der Waals surface area contributed by atoms with Gasteiger partial charge in [0.1, 0.15) is 0 Å². The number of nitrogens with two attached hydrogens (primary N) is 1. The largest absolute Gasteiger partial charge is 0.374 e. The lowest BCUT2D eigenvalue weighted by molar-refractivity contribution is 0.599. The number of sulfonamides is 1. The smallest absolute Gasteiger partial charge is 0.291 e. The van der Waals surface area contributed by atoms with Gasteiger partial charge in [-0.05, 0) is 24.6 Å². The van der Waals surface area contributed by atoms with Crippen LogP contribution in [0.4, 0.5) is 10.8 Å². The summed E-state index contributed by atoms with van der Waals surface area (Å²) in [6.07, 6.45) is 0. The first-order valence-electron chi connectivity index (χ1n) is 4.77. The van der Waals surface area contributed by atoms with E-state index in [1.807, 2.05) is 6.07 Å². The predicted octanol–water partition coefficient (Wildman–Crippen LogP) is 1.99. The SMILES string of the molecule is Cc1c(Br)cccc1NS(=O)(=O)c1nnc(N)s1. The van der Waals surface area contributed by atoms with E-state index in [2.05, 4.69) is 30.8 Å². The number of anilines is 2. The fourth-order valence-electron chi connectivity index (χ4n) is 1.24. The Bertz CT molecular complexity index is 684. The van der Waals surface area contributed by atoms with E-state index < -0.39 is 10.0 Å². The zero-order valence-corrected chi connectivity index (χ0v) is 12.4. The molecule has 0 aliphatic rings. The van der Waals surface area contributed by atoms with Gasteiger partial charge in [-0.3, -0.25) is 4.72 Å². The number of halogens is 1. The molecule has 3 N–H and O–H groups in total. The lowest BCUT2D eigenvalue weighted by atomic mass is 10.2. The maximum atomic E-state index is 12.0. The molecule has 0 spiro atoms. The van der Waals surface area contributed by atoms with E-state index in [0.717, 1.165) is 21.4 Å². The molecular weight excluding hydrogens is 340 g/mol. The molecule has 9 heteroatoms. The van der Waals surface area contributed by atoms with Gasteiger partial charge in [-0.1, -0.05) is 33.3 Å². The number of benzene rings is 1. The Morgan fingerprint density at radius 1 is 1.39 bits per heavy atom. The molecule has 6 nitrogen and oxygen atoms in total. The van der Waals surface area contributed by atoms with E-state index in [0.29, 0.717) is 5.69 Å². The molecule has 2 aromatic rings. The lowest BCUT2D eigenvalue weighted by Crippen LogP contribution is -2.13. The molecular formula is C9H9BrN4O2S2. The van der Waals surface area contributed by atoms with E-state index in [4.69, 9.17) is 5.73 Å². The molecule has 0 amide bonds. The van der Waals surface area contributed by atoms with Crippen LogP contribution >= 0.6 is 27.3 Å². The van der Waals surface area contributed by atoms with Crippen molar-refractivity contribution in [3.63, 3.8) is 0 Å². The second-order valence-corrected chi connectivity index (χ2v) is 7.14. The van der Waals surface area contributed by atoms with Crippen molar-refractivity contribution in [2.75, 3.05) is 10.5 Å². The van der Waals surface area contributed by atoms with Crippen LogP contribution in [0.15, 0.2) is 27.0 Å². The minimum Gasteiger partial charge on any atom is -0.374 e. The van der Waals surface area contributed by atoms with Gasteiger partial charge in [0.05, 0.1) is 5.69 Å². The van der Waals surface area contributed by atoms with Crippen LogP contribution < -0.4 is 10.5 Å². The third kappa shape index (κ3) is 2.62. The standard InChI is InChI=1S/C9H9BrN4O2S2/c1-5-6(10)3-2-4-7(5)14-18(15,16)9-13-12-8(11)17-9/h2-4,14H,1H3,(H2,11,12). The molecule has 0 atom stereocenters. The molecule has 0 radical (unpaired) electrons. The van der Waals surface area contributed by atoms with E-state index in [1.54, 1.807) is 19.1 Å². The summed E-state index contributed by atoms with van der Waals surface area (Å²) in [7, 11) is -3.74. The molecule has 0 saturated carbocycles. The second kappa shape index (κ2) is 4.82. The minimum absolute atomic E-state index is 0.112. The van der Waals surface area contributed by atoms with Crippen LogP contribution in [0.25, 0.3) is 0 Å². The Labute approximate surface area is 116 Å². The van der Waals surface area contributed by atoms with Gasteiger partial charge in [0.2, 0.25) is 5.13 Å². The Hall–Kier alpha value is -1.19. The molecule has 0 bridgehead atoms. The Kier molecular flexibility index (Phi) is 3.55. The highest BCUT2D eigenvalue weighted by atomic mass is 79.9. The van der Waals surface area contributed by atoms with Crippen molar-refractivity contribution in [3.05, 3.63) is 28.2 Å². The molecule has 0 aliphatic heterocycles. The predicted molar refractivity (Wildman–Crippen MR) is 74.0 cm³/mol. The molecule has 1 aromatic carbocycles. The Morgan fingerprint density at radius 2 is 2.11 bits per heavy atom. The van der Waals surface area contributed by atoms with Crippen LogP contribution in [0.1, 0.15) is 5.56 Å². The molecule has 18 heavy (non-hydrogen) atoms. The monoisotopic (exact) mass is 348 g/mol. The first-order chi connectivity index (χ1) is 8.40. The summed E-state index contributed by atoms with van der Waals surface area (Å²) in [6.45, 7) is 1.80. The Morgan fingerprint density at radius 3 is 2.72 bits per heavy atom. The number of hydrogen-bond donors (Lipinski definition) is 2. The van der Waals surface area contributed by atoms with Gasteiger partial charge in [-0.2, -0.15) is 8.42 Å². The highest BCUT2D eigenvalue weighted by Gasteiger charge is 2.20. The van der Waals surface area contributed by atoms with E-state index in [1.165, 1.54) is 0 Å². The average Bonchev–Trinajstić information content (AvgIpc) is 2.72.